The second kappa shape index (κ2) is 4.90. The molecule has 0 radical (unpaired) electrons. The lowest BCUT2D eigenvalue weighted by Crippen LogP contribution is -2.19. The summed E-state index contributed by atoms with van der Waals surface area (Å²) in [5.41, 5.74) is 7.36. The van der Waals surface area contributed by atoms with Gasteiger partial charge in [0.2, 0.25) is 5.91 Å². The first-order valence-electron chi connectivity index (χ1n) is 6.31. The Morgan fingerprint density at radius 1 is 1.19 bits per heavy atom. The summed E-state index contributed by atoms with van der Waals surface area (Å²) < 4.78 is 13.1. The molecule has 1 unspecified atom stereocenters. The first-order valence-corrected chi connectivity index (χ1v) is 6.31. The minimum absolute atomic E-state index is 0.255. The monoisotopic (exact) mass is 285 g/mol. The van der Waals surface area contributed by atoms with Crippen molar-refractivity contribution in [2.45, 2.75) is 6.04 Å². The van der Waals surface area contributed by atoms with Gasteiger partial charge in [-0.1, -0.05) is 6.07 Å². The Kier molecular flexibility index (Phi) is 3.06. The van der Waals surface area contributed by atoms with Crippen LogP contribution in [0.1, 0.15) is 22.0 Å². The zero-order chi connectivity index (χ0) is 15.0. The normalized spacial score (nSPS) is 16.2. The zero-order valence-corrected chi connectivity index (χ0v) is 10.9. The van der Waals surface area contributed by atoms with Gasteiger partial charge in [0.05, 0.1) is 0 Å². The molecule has 2 amide bonds. The van der Waals surface area contributed by atoms with Crippen LogP contribution in [0.3, 0.4) is 0 Å². The number of amides is 2. The van der Waals surface area contributed by atoms with Gasteiger partial charge in [-0.3, -0.25) is 9.59 Å². The maximum absolute atomic E-state index is 13.1. The Balaban J connectivity index is 1.85. The molecule has 6 heteroatoms. The number of nitrogens with two attached hydrogens (primary N) is 1. The van der Waals surface area contributed by atoms with Gasteiger partial charge in [0, 0.05) is 22.5 Å². The second-order valence-electron chi connectivity index (χ2n) is 4.74. The van der Waals surface area contributed by atoms with Crippen molar-refractivity contribution in [1.82, 2.24) is 0 Å². The molecule has 0 aliphatic carbocycles. The maximum atomic E-state index is 13.1. The highest BCUT2D eigenvalue weighted by molar-refractivity contribution is 6.04. The molecule has 0 bridgehead atoms. The van der Waals surface area contributed by atoms with Crippen LogP contribution in [0.25, 0.3) is 0 Å². The van der Waals surface area contributed by atoms with Crippen LogP contribution in [0.4, 0.5) is 15.8 Å². The Morgan fingerprint density at radius 3 is 2.57 bits per heavy atom. The highest BCUT2D eigenvalue weighted by atomic mass is 19.1. The van der Waals surface area contributed by atoms with Crippen LogP contribution in [-0.4, -0.2) is 11.8 Å². The predicted molar refractivity (Wildman–Crippen MR) is 76.4 cm³/mol. The number of nitrogens with one attached hydrogen (secondary N) is 2. The van der Waals surface area contributed by atoms with Crippen LogP contribution in [-0.2, 0) is 4.79 Å². The fourth-order valence-electron chi connectivity index (χ4n) is 2.28. The summed E-state index contributed by atoms with van der Waals surface area (Å²) in [4.78, 5) is 23.0. The number of carbonyl (C=O) groups excluding carboxylic acids is 2. The van der Waals surface area contributed by atoms with Crippen molar-refractivity contribution in [3.05, 3.63) is 59.4 Å². The van der Waals surface area contributed by atoms with Gasteiger partial charge in [0.15, 0.2) is 0 Å². The third kappa shape index (κ3) is 2.43. The fourth-order valence-corrected chi connectivity index (χ4v) is 2.28. The van der Waals surface area contributed by atoms with Crippen molar-refractivity contribution in [1.29, 1.82) is 0 Å². The van der Waals surface area contributed by atoms with Gasteiger partial charge < -0.3 is 16.4 Å². The summed E-state index contributed by atoms with van der Waals surface area (Å²) in [6, 6.07) is 10.0. The lowest BCUT2D eigenvalue weighted by atomic mass is 10.1. The summed E-state index contributed by atoms with van der Waals surface area (Å²) in [6.07, 6.45) is 0. The van der Waals surface area contributed by atoms with Crippen LogP contribution in [0.15, 0.2) is 42.5 Å². The van der Waals surface area contributed by atoms with Crippen molar-refractivity contribution in [2.24, 2.45) is 5.73 Å². The van der Waals surface area contributed by atoms with Crippen LogP contribution in [0.5, 0.6) is 0 Å². The molecule has 2 aromatic carbocycles. The molecule has 0 aromatic heterocycles. The molecule has 1 aliphatic heterocycles. The molecule has 0 fully saturated rings. The molecular formula is C15H12FN3O2. The van der Waals surface area contributed by atoms with E-state index in [1.807, 2.05) is 0 Å². The summed E-state index contributed by atoms with van der Waals surface area (Å²) in [6.45, 7) is 0. The molecule has 4 N–H and O–H groups in total. The van der Waals surface area contributed by atoms with Gasteiger partial charge in [-0.15, -0.1) is 0 Å². The van der Waals surface area contributed by atoms with E-state index in [-0.39, 0.29) is 5.91 Å². The number of hydrogen-bond donors (Lipinski definition) is 3. The van der Waals surface area contributed by atoms with Gasteiger partial charge in [0.25, 0.3) is 5.91 Å². The Morgan fingerprint density at radius 2 is 1.90 bits per heavy atom. The molecule has 0 saturated heterocycles. The minimum Gasteiger partial charge on any atom is -0.370 e. The SMILES string of the molecule is NC(=O)c1ccc(NC2C(=O)Nc3cc(F)ccc32)cc1. The number of fused-ring (bicyclic) bond motifs is 1. The van der Waals surface area contributed by atoms with Gasteiger partial charge in [-0.05, 0) is 36.4 Å². The molecule has 0 spiro atoms. The summed E-state index contributed by atoms with van der Waals surface area (Å²) >= 11 is 0. The summed E-state index contributed by atoms with van der Waals surface area (Å²) in [5.74, 6) is -1.17. The van der Waals surface area contributed by atoms with E-state index < -0.39 is 17.8 Å². The molecule has 1 heterocycles. The van der Waals surface area contributed by atoms with E-state index in [0.717, 1.165) is 0 Å². The van der Waals surface area contributed by atoms with Gasteiger partial charge in [0.1, 0.15) is 11.9 Å². The summed E-state index contributed by atoms with van der Waals surface area (Å²) in [7, 11) is 0. The van der Waals surface area contributed by atoms with E-state index in [1.54, 1.807) is 30.3 Å². The number of hydrogen-bond acceptors (Lipinski definition) is 3. The molecule has 21 heavy (non-hydrogen) atoms. The first-order chi connectivity index (χ1) is 10.0. The quantitative estimate of drug-likeness (QED) is 0.806. The molecule has 106 valence electrons. The van der Waals surface area contributed by atoms with E-state index in [0.29, 0.717) is 22.5 Å². The molecular weight excluding hydrogens is 273 g/mol. The molecule has 5 nitrogen and oxygen atoms in total. The van der Waals surface area contributed by atoms with E-state index >= 15 is 0 Å². The maximum Gasteiger partial charge on any atom is 0.251 e. The van der Waals surface area contributed by atoms with Crippen LogP contribution in [0, 0.1) is 5.82 Å². The molecule has 1 atom stereocenters. The number of carbonyl (C=O) groups is 2. The van der Waals surface area contributed by atoms with Crippen molar-refractivity contribution in [3.63, 3.8) is 0 Å². The molecule has 0 saturated carbocycles. The van der Waals surface area contributed by atoms with E-state index in [9.17, 15) is 14.0 Å². The van der Waals surface area contributed by atoms with Gasteiger partial charge >= 0.3 is 0 Å². The average molecular weight is 285 g/mol. The van der Waals surface area contributed by atoms with Crippen LogP contribution < -0.4 is 16.4 Å². The Hall–Kier alpha value is -2.89. The van der Waals surface area contributed by atoms with E-state index in [1.165, 1.54) is 12.1 Å². The molecule has 1 aliphatic rings. The largest absolute Gasteiger partial charge is 0.370 e. The Bertz CT molecular complexity index is 728. The van der Waals surface area contributed by atoms with Crippen LogP contribution >= 0.6 is 0 Å². The zero-order valence-electron chi connectivity index (χ0n) is 10.9. The van der Waals surface area contributed by atoms with Gasteiger partial charge in [-0.25, -0.2) is 4.39 Å². The van der Waals surface area contributed by atoms with Crippen molar-refractivity contribution in [2.75, 3.05) is 10.6 Å². The van der Waals surface area contributed by atoms with Crippen molar-refractivity contribution < 1.29 is 14.0 Å². The number of primary amides is 1. The third-order valence-electron chi connectivity index (χ3n) is 3.33. The number of halogens is 1. The van der Waals surface area contributed by atoms with Crippen molar-refractivity contribution >= 4 is 23.2 Å². The average Bonchev–Trinajstić information content (AvgIpc) is 2.75. The number of anilines is 2. The second-order valence-corrected chi connectivity index (χ2v) is 4.74. The highest BCUT2D eigenvalue weighted by Gasteiger charge is 2.30. The topological polar surface area (TPSA) is 84.2 Å². The molecule has 3 rings (SSSR count). The minimum atomic E-state index is -0.597. The lowest BCUT2D eigenvalue weighted by molar-refractivity contribution is -0.116. The molecule has 2 aromatic rings. The first kappa shape index (κ1) is 13.1. The predicted octanol–water partition coefficient (Wildman–Crippen LogP) is 2.03. The van der Waals surface area contributed by atoms with Crippen molar-refractivity contribution in [3.8, 4) is 0 Å². The van der Waals surface area contributed by atoms with E-state index in [4.69, 9.17) is 5.73 Å². The number of rotatable bonds is 3. The smallest absolute Gasteiger partial charge is 0.251 e. The van der Waals surface area contributed by atoms with Crippen LogP contribution in [0.2, 0.25) is 0 Å². The number of benzene rings is 2. The third-order valence-corrected chi connectivity index (χ3v) is 3.33. The van der Waals surface area contributed by atoms with E-state index in [2.05, 4.69) is 10.6 Å². The van der Waals surface area contributed by atoms with Gasteiger partial charge in [-0.2, -0.15) is 0 Å². The summed E-state index contributed by atoms with van der Waals surface area (Å²) in [5, 5.41) is 5.67. The standard InChI is InChI=1S/C15H12FN3O2/c16-9-3-6-11-12(7-9)19-15(21)13(11)18-10-4-1-8(2-5-10)14(17)20/h1-7,13,18H,(H2,17,20)(H,19,21). The highest BCUT2D eigenvalue weighted by Crippen LogP contribution is 2.33. The lowest BCUT2D eigenvalue weighted by Gasteiger charge is -2.13. The Labute approximate surface area is 120 Å². The fraction of sp³-hybridized carbons (Fsp3) is 0.0667.